The highest BCUT2D eigenvalue weighted by atomic mass is 16.5. The molecule has 2 rings (SSSR count). The Morgan fingerprint density at radius 2 is 2.24 bits per heavy atom. The third-order valence-corrected chi connectivity index (χ3v) is 3.05. The average Bonchev–Trinajstić information content (AvgIpc) is 2.52. The van der Waals surface area contributed by atoms with Gasteiger partial charge in [-0.1, -0.05) is 12.1 Å². The lowest BCUT2D eigenvalue weighted by atomic mass is 10.2. The van der Waals surface area contributed by atoms with E-state index in [9.17, 15) is 9.59 Å². The van der Waals surface area contributed by atoms with Crippen LogP contribution in [0.3, 0.4) is 0 Å². The Labute approximate surface area is 121 Å². The number of hydrogen-bond donors (Lipinski definition) is 1. The summed E-state index contributed by atoms with van der Waals surface area (Å²) in [5, 5.41) is 17.8. The average molecular weight is 290 g/mol. The van der Waals surface area contributed by atoms with Gasteiger partial charge in [0.15, 0.2) is 12.7 Å². The molecule has 1 amide bonds. The SMILES string of the molecule is N#Cc1ccccc1OCC(=O)N1CCOC(C(=O)O)C1. The summed E-state index contributed by atoms with van der Waals surface area (Å²) in [4.78, 5) is 24.3. The Bertz CT molecular complexity index is 581. The fourth-order valence-corrected chi connectivity index (χ4v) is 1.94. The molecule has 1 aliphatic heterocycles. The number of para-hydroxylation sites is 1. The van der Waals surface area contributed by atoms with Crippen LogP contribution in [0.4, 0.5) is 0 Å². The first-order chi connectivity index (χ1) is 10.1. The van der Waals surface area contributed by atoms with Gasteiger partial charge in [0.25, 0.3) is 5.91 Å². The lowest BCUT2D eigenvalue weighted by Crippen LogP contribution is -2.49. The molecule has 0 saturated carbocycles. The van der Waals surface area contributed by atoms with Crippen LogP contribution >= 0.6 is 0 Å². The standard InChI is InChI=1S/C14H14N2O5/c15-7-10-3-1-2-4-11(10)21-9-13(17)16-5-6-20-12(8-16)14(18)19/h1-4,12H,5-6,8-9H2,(H,18,19). The van der Waals surface area contributed by atoms with Gasteiger partial charge in [0.2, 0.25) is 0 Å². The Kier molecular flexibility index (Phi) is 4.74. The molecule has 0 aliphatic carbocycles. The normalized spacial score (nSPS) is 17.9. The number of carboxylic acids is 1. The van der Waals surface area contributed by atoms with Crippen molar-refractivity contribution < 1.29 is 24.2 Å². The van der Waals surface area contributed by atoms with E-state index in [-0.39, 0.29) is 25.7 Å². The van der Waals surface area contributed by atoms with Gasteiger partial charge in [0.1, 0.15) is 11.8 Å². The van der Waals surface area contributed by atoms with Crippen molar-refractivity contribution in [2.45, 2.75) is 6.10 Å². The van der Waals surface area contributed by atoms with Crippen LogP contribution in [-0.4, -0.2) is 54.3 Å². The van der Waals surface area contributed by atoms with Crippen molar-refractivity contribution in [2.24, 2.45) is 0 Å². The molecule has 1 aliphatic rings. The Hall–Kier alpha value is -2.59. The topological polar surface area (TPSA) is 99.9 Å². The van der Waals surface area contributed by atoms with Crippen molar-refractivity contribution in [3.63, 3.8) is 0 Å². The number of ether oxygens (including phenoxy) is 2. The second-order valence-electron chi connectivity index (χ2n) is 4.43. The maximum absolute atomic E-state index is 12.0. The summed E-state index contributed by atoms with van der Waals surface area (Å²) in [5.41, 5.74) is 0.343. The molecule has 1 saturated heterocycles. The summed E-state index contributed by atoms with van der Waals surface area (Å²) in [5.74, 6) is -1.10. The highest BCUT2D eigenvalue weighted by molar-refractivity contribution is 5.79. The number of benzene rings is 1. The van der Waals surface area contributed by atoms with Gasteiger partial charge in [0, 0.05) is 6.54 Å². The molecular weight excluding hydrogens is 276 g/mol. The summed E-state index contributed by atoms with van der Waals surface area (Å²) in [6, 6.07) is 8.57. The van der Waals surface area contributed by atoms with Gasteiger partial charge in [-0.3, -0.25) is 4.79 Å². The number of nitrogens with zero attached hydrogens (tertiary/aromatic N) is 2. The summed E-state index contributed by atoms with van der Waals surface area (Å²) in [7, 11) is 0. The zero-order chi connectivity index (χ0) is 15.2. The number of aliphatic carboxylic acids is 1. The van der Waals surface area contributed by atoms with Crippen molar-refractivity contribution in [3.05, 3.63) is 29.8 Å². The Morgan fingerprint density at radius 1 is 1.48 bits per heavy atom. The van der Waals surface area contributed by atoms with E-state index in [1.54, 1.807) is 24.3 Å². The fourth-order valence-electron chi connectivity index (χ4n) is 1.94. The summed E-state index contributed by atoms with van der Waals surface area (Å²) >= 11 is 0. The second kappa shape index (κ2) is 6.72. The van der Waals surface area contributed by atoms with Crippen molar-refractivity contribution >= 4 is 11.9 Å². The number of hydrogen-bond acceptors (Lipinski definition) is 5. The van der Waals surface area contributed by atoms with E-state index in [0.29, 0.717) is 17.9 Å². The molecule has 0 spiro atoms. The molecule has 1 N–H and O–H groups in total. The van der Waals surface area contributed by atoms with E-state index in [1.165, 1.54) is 4.90 Å². The molecule has 1 heterocycles. The number of nitriles is 1. The Balaban J connectivity index is 1.93. The number of amides is 1. The van der Waals surface area contributed by atoms with Gasteiger partial charge in [-0.15, -0.1) is 0 Å². The molecule has 1 unspecified atom stereocenters. The first-order valence-corrected chi connectivity index (χ1v) is 6.36. The zero-order valence-corrected chi connectivity index (χ0v) is 11.2. The molecule has 21 heavy (non-hydrogen) atoms. The van der Waals surface area contributed by atoms with E-state index in [0.717, 1.165) is 0 Å². The molecular formula is C14H14N2O5. The molecule has 1 aromatic carbocycles. The van der Waals surface area contributed by atoms with Gasteiger partial charge < -0.3 is 19.5 Å². The molecule has 0 bridgehead atoms. The quantitative estimate of drug-likeness (QED) is 0.853. The minimum absolute atomic E-state index is 0.00256. The van der Waals surface area contributed by atoms with E-state index < -0.39 is 12.1 Å². The van der Waals surface area contributed by atoms with Gasteiger partial charge in [-0.25, -0.2) is 4.79 Å². The lowest BCUT2D eigenvalue weighted by Gasteiger charge is -2.30. The summed E-state index contributed by atoms with van der Waals surface area (Å²) in [6.07, 6.45) is -1.01. The van der Waals surface area contributed by atoms with Crippen LogP contribution in [0.15, 0.2) is 24.3 Å². The number of carbonyl (C=O) groups is 2. The maximum Gasteiger partial charge on any atom is 0.334 e. The highest BCUT2D eigenvalue weighted by Crippen LogP contribution is 2.16. The van der Waals surface area contributed by atoms with Crippen LogP contribution in [0.1, 0.15) is 5.56 Å². The van der Waals surface area contributed by atoms with Crippen LogP contribution in [-0.2, 0) is 14.3 Å². The monoisotopic (exact) mass is 290 g/mol. The second-order valence-corrected chi connectivity index (χ2v) is 4.43. The molecule has 110 valence electrons. The Morgan fingerprint density at radius 3 is 2.95 bits per heavy atom. The predicted octanol–water partition coefficient (Wildman–Crippen LogP) is 0.249. The van der Waals surface area contributed by atoms with Crippen LogP contribution in [0.5, 0.6) is 5.75 Å². The molecule has 1 aromatic rings. The van der Waals surface area contributed by atoms with E-state index in [4.69, 9.17) is 19.8 Å². The van der Waals surface area contributed by atoms with E-state index in [1.807, 2.05) is 6.07 Å². The third-order valence-electron chi connectivity index (χ3n) is 3.05. The van der Waals surface area contributed by atoms with E-state index >= 15 is 0 Å². The number of morpholine rings is 1. The molecule has 0 aromatic heterocycles. The predicted molar refractivity (Wildman–Crippen MR) is 70.6 cm³/mol. The van der Waals surface area contributed by atoms with E-state index in [2.05, 4.69) is 0 Å². The van der Waals surface area contributed by atoms with Crippen LogP contribution < -0.4 is 4.74 Å². The minimum Gasteiger partial charge on any atom is -0.482 e. The van der Waals surface area contributed by atoms with Crippen molar-refractivity contribution in [1.29, 1.82) is 5.26 Å². The number of carbonyl (C=O) groups excluding carboxylic acids is 1. The third kappa shape index (κ3) is 3.70. The van der Waals surface area contributed by atoms with Crippen LogP contribution in [0, 0.1) is 11.3 Å². The minimum atomic E-state index is -1.09. The first kappa shape index (κ1) is 14.8. The van der Waals surface area contributed by atoms with Crippen LogP contribution in [0.25, 0.3) is 0 Å². The molecule has 0 radical (unpaired) electrons. The molecule has 1 atom stereocenters. The largest absolute Gasteiger partial charge is 0.482 e. The number of carboxylic acid groups (broad SMARTS) is 1. The van der Waals surface area contributed by atoms with Crippen molar-refractivity contribution in [3.8, 4) is 11.8 Å². The van der Waals surface area contributed by atoms with Crippen molar-refractivity contribution in [2.75, 3.05) is 26.3 Å². The lowest BCUT2D eigenvalue weighted by molar-refractivity contribution is -0.159. The van der Waals surface area contributed by atoms with Gasteiger partial charge >= 0.3 is 5.97 Å². The van der Waals surface area contributed by atoms with Gasteiger partial charge in [-0.2, -0.15) is 5.26 Å². The van der Waals surface area contributed by atoms with Crippen molar-refractivity contribution in [1.82, 2.24) is 4.90 Å². The molecule has 7 heteroatoms. The smallest absolute Gasteiger partial charge is 0.334 e. The molecule has 1 fully saturated rings. The summed E-state index contributed by atoms with van der Waals surface area (Å²) in [6.45, 7) is 0.256. The molecule has 7 nitrogen and oxygen atoms in total. The maximum atomic E-state index is 12.0. The summed E-state index contributed by atoms with van der Waals surface area (Å²) < 4.78 is 10.4. The van der Waals surface area contributed by atoms with Crippen LogP contribution in [0.2, 0.25) is 0 Å². The highest BCUT2D eigenvalue weighted by Gasteiger charge is 2.29. The fraction of sp³-hybridized carbons (Fsp3) is 0.357. The number of rotatable bonds is 4. The van der Waals surface area contributed by atoms with Gasteiger partial charge in [-0.05, 0) is 12.1 Å². The van der Waals surface area contributed by atoms with Gasteiger partial charge in [0.05, 0.1) is 18.7 Å². The zero-order valence-electron chi connectivity index (χ0n) is 11.2. The first-order valence-electron chi connectivity index (χ1n) is 6.36.